The maximum atomic E-state index is 5.76. The summed E-state index contributed by atoms with van der Waals surface area (Å²) in [5.41, 5.74) is 1.13. The third kappa shape index (κ3) is 1.38. The molecule has 1 heterocycles. The van der Waals surface area contributed by atoms with Crippen LogP contribution in [-0.4, -0.2) is 4.98 Å². The van der Waals surface area contributed by atoms with Crippen molar-refractivity contribution in [3.63, 3.8) is 0 Å². The zero-order valence-corrected chi connectivity index (χ0v) is 6.02. The minimum Gasteiger partial charge on any atom is -0.361 e. The number of nitrogens with one attached hydrogen (secondary N) is 1. The Morgan fingerprint density at radius 3 is 2.82 bits per heavy atom. The molecule has 0 saturated carbocycles. The van der Waals surface area contributed by atoms with Gasteiger partial charge in [0.25, 0.3) is 0 Å². The van der Waals surface area contributed by atoms with Gasteiger partial charge in [0.15, 0.2) is 0 Å². The van der Waals surface area contributed by atoms with E-state index in [0.29, 0.717) is 0 Å². The zero-order valence-electron chi connectivity index (χ0n) is 5.26. The third-order valence-corrected chi connectivity index (χ3v) is 1.75. The summed E-state index contributed by atoms with van der Waals surface area (Å²) in [4.78, 5) is 3.09. The van der Waals surface area contributed by atoms with E-state index in [9.17, 15) is 0 Å². The fourth-order valence-electron chi connectivity index (χ4n) is 1.02. The predicted molar refractivity (Wildman–Crippen MR) is 50.0 cm³/mol. The first kappa shape index (κ1) is 8.15. The smallest absolute Gasteiger partial charge is 0.0454 e. The van der Waals surface area contributed by atoms with E-state index in [4.69, 9.17) is 11.6 Å². The van der Waals surface area contributed by atoms with Crippen molar-refractivity contribution in [1.82, 2.24) is 4.98 Å². The molecule has 0 radical (unpaired) electrons. The molecule has 0 bridgehead atoms. The number of rotatable bonds is 0. The lowest BCUT2D eigenvalue weighted by Crippen LogP contribution is -1.65. The second kappa shape index (κ2) is 2.97. The summed E-state index contributed by atoms with van der Waals surface area (Å²) in [6.45, 7) is 0. The Morgan fingerprint density at radius 2 is 2.00 bits per heavy atom. The van der Waals surface area contributed by atoms with E-state index in [0.717, 1.165) is 15.9 Å². The largest absolute Gasteiger partial charge is 0.361 e. The van der Waals surface area contributed by atoms with Crippen molar-refractivity contribution in [2.24, 2.45) is 0 Å². The van der Waals surface area contributed by atoms with Gasteiger partial charge in [0.2, 0.25) is 0 Å². The molecule has 1 N–H and O–H groups in total. The minimum absolute atomic E-state index is 0. The minimum atomic E-state index is 0. The van der Waals surface area contributed by atoms with Gasteiger partial charge in [0.1, 0.15) is 0 Å². The standard InChI is InChI=1S/C8H6ClN.CH4/c9-7-1-2-8-6(5-7)3-4-10-8;/h1-5,10H;1H4. The number of H-pyrrole nitrogens is 1. The molecule has 11 heavy (non-hydrogen) atoms. The Morgan fingerprint density at radius 1 is 1.18 bits per heavy atom. The molecule has 2 heteroatoms. The van der Waals surface area contributed by atoms with Crippen molar-refractivity contribution >= 4 is 22.5 Å². The van der Waals surface area contributed by atoms with E-state index >= 15 is 0 Å². The molecule has 0 fully saturated rings. The number of benzene rings is 1. The van der Waals surface area contributed by atoms with E-state index < -0.39 is 0 Å². The van der Waals surface area contributed by atoms with Gasteiger partial charge in [-0.2, -0.15) is 0 Å². The van der Waals surface area contributed by atoms with Gasteiger partial charge >= 0.3 is 0 Å². The highest BCUT2D eigenvalue weighted by atomic mass is 35.5. The molecule has 2 rings (SSSR count). The van der Waals surface area contributed by atoms with E-state index in [1.165, 1.54) is 0 Å². The monoisotopic (exact) mass is 167 g/mol. The fourth-order valence-corrected chi connectivity index (χ4v) is 1.20. The molecule has 0 aliphatic heterocycles. The fraction of sp³-hybridized carbons (Fsp3) is 0.111. The van der Waals surface area contributed by atoms with E-state index in [1.54, 1.807) is 0 Å². The Balaban J connectivity index is 0.000000605. The molecule has 1 nitrogen and oxygen atoms in total. The van der Waals surface area contributed by atoms with Crippen LogP contribution in [0, 0.1) is 0 Å². The highest BCUT2D eigenvalue weighted by Gasteiger charge is 1.92. The van der Waals surface area contributed by atoms with Gasteiger partial charge in [0.05, 0.1) is 0 Å². The molecule has 0 saturated heterocycles. The van der Waals surface area contributed by atoms with Crippen LogP contribution in [0.3, 0.4) is 0 Å². The Bertz CT molecular complexity index is 351. The number of hydrogen-bond donors (Lipinski definition) is 1. The van der Waals surface area contributed by atoms with Crippen molar-refractivity contribution in [2.75, 3.05) is 0 Å². The van der Waals surface area contributed by atoms with Crippen LogP contribution in [-0.2, 0) is 0 Å². The molecule has 0 unspecified atom stereocenters. The molecule has 0 aliphatic rings. The molecule has 2 aromatic rings. The molecule has 58 valence electrons. The van der Waals surface area contributed by atoms with E-state index in [1.807, 2.05) is 30.5 Å². The number of hydrogen-bond acceptors (Lipinski definition) is 0. The summed E-state index contributed by atoms with van der Waals surface area (Å²) in [6.07, 6.45) is 1.90. The second-order valence-corrected chi connectivity index (χ2v) is 2.65. The van der Waals surface area contributed by atoms with Crippen molar-refractivity contribution in [1.29, 1.82) is 0 Å². The third-order valence-electron chi connectivity index (χ3n) is 1.52. The molecular weight excluding hydrogens is 158 g/mol. The van der Waals surface area contributed by atoms with Crippen LogP contribution in [0.4, 0.5) is 0 Å². The van der Waals surface area contributed by atoms with Crippen molar-refractivity contribution < 1.29 is 0 Å². The van der Waals surface area contributed by atoms with Crippen molar-refractivity contribution in [3.05, 3.63) is 35.5 Å². The van der Waals surface area contributed by atoms with Gasteiger partial charge in [-0.1, -0.05) is 19.0 Å². The van der Waals surface area contributed by atoms with E-state index in [2.05, 4.69) is 4.98 Å². The zero-order chi connectivity index (χ0) is 6.97. The first-order chi connectivity index (χ1) is 4.86. The number of aromatic amines is 1. The summed E-state index contributed by atoms with van der Waals surface area (Å²) in [7, 11) is 0. The van der Waals surface area contributed by atoms with Gasteiger partial charge in [0, 0.05) is 22.1 Å². The molecule has 1 aromatic heterocycles. The first-order valence-corrected chi connectivity index (χ1v) is 3.47. The lowest BCUT2D eigenvalue weighted by atomic mass is 10.2. The lowest BCUT2D eigenvalue weighted by molar-refractivity contribution is 1.48. The lowest BCUT2D eigenvalue weighted by Gasteiger charge is -1.88. The van der Waals surface area contributed by atoms with Crippen LogP contribution in [0.1, 0.15) is 7.43 Å². The summed E-state index contributed by atoms with van der Waals surface area (Å²) >= 11 is 5.76. The Hall–Kier alpha value is -0.950. The summed E-state index contributed by atoms with van der Waals surface area (Å²) < 4.78 is 0. The highest BCUT2D eigenvalue weighted by molar-refractivity contribution is 6.31. The Kier molecular flexibility index (Phi) is 2.20. The van der Waals surface area contributed by atoms with Crippen LogP contribution in [0.2, 0.25) is 5.02 Å². The van der Waals surface area contributed by atoms with Crippen LogP contribution in [0.15, 0.2) is 30.5 Å². The molecule has 0 amide bonds. The summed E-state index contributed by atoms with van der Waals surface area (Å²) in [6, 6.07) is 7.78. The molecule has 0 atom stereocenters. The van der Waals surface area contributed by atoms with Gasteiger partial charge in [-0.25, -0.2) is 0 Å². The first-order valence-electron chi connectivity index (χ1n) is 3.09. The summed E-state index contributed by atoms with van der Waals surface area (Å²) in [5.74, 6) is 0. The van der Waals surface area contributed by atoms with Gasteiger partial charge < -0.3 is 4.98 Å². The maximum absolute atomic E-state index is 5.76. The number of halogens is 1. The van der Waals surface area contributed by atoms with Gasteiger partial charge in [-0.3, -0.25) is 0 Å². The Labute approximate surface area is 71.0 Å². The second-order valence-electron chi connectivity index (χ2n) is 2.21. The van der Waals surface area contributed by atoms with Crippen LogP contribution >= 0.6 is 11.6 Å². The van der Waals surface area contributed by atoms with Crippen LogP contribution < -0.4 is 0 Å². The predicted octanol–water partition coefficient (Wildman–Crippen LogP) is 3.46. The van der Waals surface area contributed by atoms with E-state index in [-0.39, 0.29) is 7.43 Å². The maximum Gasteiger partial charge on any atom is 0.0454 e. The molecule has 0 aliphatic carbocycles. The van der Waals surface area contributed by atoms with Crippen molar-refractivity contribution in [2.45, 2.75) is 7.43 Å². The number of aromatic nitrogens is 1. The topological polar surface area (TPSA) is 15.8 Å². The summed E-state index contributed by atoms with van der Waals surface area (Å²) in [5, 5.41) is 1.94. The van der Waals surface area contributed by atoms with Gasteiger partial charge in [-0.05, 0) is 24.3 Å². The molecular formula is C9H10ClN. The molecule has 0 spiro atoms. The average Bonchev–Trinajstić information content (AvgIpc) is 2.33. The average molecular weight is 168 g/mol. The van der Waals surface area contributed by atoms with Crippen LogP contribution in [0.25, 0.3) is 10.9 Å². The molecule has 1 aromatic carbocycles. The SMILES string of the molecule is C.Clc1ccc2[nH]ccc2c1. The van der Waals surface area contributed by atoms with Crippen molar-refractivity contribution in [3.8, 4) is 0 Å². The van der Waals surface area contributed by atoms with Crippen LogP contribution in [0.5, 0.6) is 0 Å². The normalized spacial score (nSPS) is 9.55. The number of fused-ring (bicyclic) bond motifs is 1. The van der Waals surface area contributed by atoms with Gasteiger partial charge in [-0.15, -0.1) is 0 Å². The highest BCUT2D eigenvalue weighted by Crippen LogP contribution is 2.17. The quantitative estimate of drug-likeness (QED) is 0.619.